The molecule has 1 amide bonds. The van der Waals surface area contributed by atoms with Gasteiger partial charge in [0.25, 0.3) is 0 Å². The zero-order valence-electron chi connectivity index (χ0n) is 11.4. The van der Waals surface area contributed by atoms with E-state index in [1.54, 1.807) is 0 Å². The maximum atomic E-state index is 11.5. The normalized spacial score (nSPS) is 30.7. The van der Waals surface area contributed by atoms with Crippen molar-refractivity contribution >= 4 is 5.91 Å². The fraction of sp³-hybridized carbons (Fsp3) is 0.923. The molecule has 0 spiro atoms. The second-order valence-electron chi connectivity index (χ2n) is 4.71. The van der Waals surface area contributed by atoms with Gasteiger partial charge < -0.3 is 14.8 Å². The lowest BCUT2D eigenvalue weighted by atomic mass is 9.97. The Hall–Kier alpha value is -0.610. The highest BCUT2D eigenvalue weighted by Crippen LogP contribution is 2.29. The van der Waals surface area contributed by atoms with E-state index in [4.69, 9.17) is 9.47 Å². The first-order valence-corrected chi connectivity index (χ1v) is 6.67. The molecule has 4 nitrogen and oxygen atoms in total. The van der Waals surface area contributed by atoms with Gasteiger partial charge in [-0.25, -0.2) is 0 Å². The highest BCUT2D eigenvalue weighted by Gasteiger charge is 2.35. The Labute approximate surface area is 104 Å². The van der Waals surface area contributed by atoms with E-state index in [1.807, 2.05) is 27.7 Å². The maximum Gasteiger partial charge on any atom is 0.223 e. The van der Waals surface area contributed by atoms with Gasteiger partial charge in [-0.1, -0.05) is 13.8 Å². The van der Waals surface area contributed by atoms with Gasteiger partial charge in [0.15, 0.2) is 5.79 Å². The van der Waals surface area contributed by atoms with E-state index in [2.05, 4.69) is 5.32 Å². The van der Waals surface area contributed by atoms with Crippen LogP contribution in [0.25, 0.3) is 0 Å². The van der Waals surface area contributed by atoms with Crippen LogP contribution >= 0.6 is 0 Å². The minimum Gasteiger partial charge on any atom is -0.353 e. The monoisotopic (exact) mass is 243 g/mol. The quantitative estimate of drug-likeness (QED) is 0.825. The number of amides is 1. The molecule has 0 saturated carbocycles. The summed E-state index contributed by atoms with van der Waals surface area (Å²) in [4.78, 5) is 11.5. The van der Waals surface area contributed by atoms with Crippen LogP contribution in [-0.4, -0.2) is 30.9 Å². The van der Waals surface area contributed by atoms with Crippen LogP contribution < -0.4 is 5.32 Å². The fourth-order valence-corrected chi connectivity index (χ4v) is 2.34. The van der Waals surface area contributed by atoms with Crippen molar-refractivity contribution in [2.24, 2.45) is 5.92 Å². The van der Waals surface area contributed by atoms with Crippen LogP contribution in [0.1, 0.15) is 47.0 Å². The third kappa shape index (κ3) is 3.96. The van der Waals surface area contributed by atoms with E-state index in [-0.39, 0.29) is 11.8 Å². The summed E-state index contributed by atoms with van der Waals surface area (Å²) in [5.74, 6) is -0.125. The standard InChI is InChI=1S/C11H19NO3.C2H6/c1-8-7-9(10(13)12-8)3-4-11(2)14-5-6-15-11;1-2/h8-9H,3-7H2,1-2H3,(H,12,13);1-2H3/t8-,9+;/m1./s1. The molecule has 1 N–H and O–H groups in total. The van der Waals surface area contributed by atoms with Crippen molar-refractivity contribution in [2.45, 2.75) is 58.8 Å². The molecule has 0 aromatic heterocycles. The van der Waals surface area contributed by atoms with Gasteiger partial charge in [-0.15, -0.1) is 0 Å². The Morgan fingerprint density at radius 1 is 1.35 bits per heavy atom. The molecule has 2 atom stereocenters. The van der Waals surface area contributed by atoms with Crippen LogP contribution in [0.4, 0.5) is 0 Å². The van der Waals surface area contributed by atoms with Gasteiger partial charge in [0.1, 0.15) is 0 Å². The van der Waals surface area contributed by atoms with Gasteiger partial charge in [0, 0.05) is 18.4 Å². The molecule has 4 heteroatoms. The molecule has 2 aliphatic rings. The Kier molecular flexibility index (Phi) is 5.40. The molecule has 2 fully saturated rings. The maximum absolute atomic E-state index is 11.5. The molecule has 2 heterocycles. The zero-order valence-corrected chi connectivity index (χ0v) is 11.4. The lowest BCUT2D eigenvalue weighted by Gasteiger charge is -2.23. The Bertz CT molecular complexity index is 249. The average molecular weight is 243 g/mol. The van der Waals surface area contributed by atoms with Crippen molar-refractivity contribution < 1.29 is 14.3 Å². The molecule has 0 aromatic carbocycles. The molecule has 17 heavy (non-hydrogen) atoms. The highest BCUT2D eigenvalue weighted by atomic mass is 16.7. The van der Waals surface area contributed by atoms with Crippen molar-refractivity contribution in [3.05, 3.63) is 0 Å². The second kappa shape index (κ2) is 6.36. The molecule has 0 aromatic rings. The minimum atomic E-state index is -0.452. The van der Waals surface area contributed by atoms with Crippen molar-refractivity contribution in [1.82, 2.24) is 5.32 Å². The number of hydrogen-bond donors (Lipinski definition) is 1. The third-order valence-corrected chi connectivity index (χ3v) is 3.24. The SMILES string of the molecule is CC.C[C@@H]1C[C@H](CCC2(C)OCCO2)C(=O)N1. The summed E-state index contributed by atoms with van der Waals surface area (Å²) in [5, 5.41) is 2.93. The van der Waals surface area contributed by atoms with Crippen LogP contribution in [0.5, 0.6) is 0 Å². The molecular formula is C13H25NO3. The van der Waals surface area contributed by atoms with Crippen LogP contribution in [0.2, 0.25) is 0 Å². The van der Waals surface area contributed by atoms with Gasteiger partial charge in [0.2, 0.25) is 5.91 Å². The van der Waals surface area contributed by atoms with E-state index >= 15 is 0 Å². The van der Waals surface area contributed by atoms with Crippen LogP contribution in [0.15, 0.2) is 0 Å². The smallest absolute Gasteiger partial charge is 0.223 e. The first kappa shape index (κ1) is 14.5. The summed E-state index contributed by atoms with van der Waals surface area (Å²) in [6, 6.07) is 0.320. The van der Waals surface area contributed by atoms with Crippen LogP contribution in [0, 0.1) is 5.92 Å². The van der Waals surface area contributed by atoms with E-state index < -0.39 is 5.79 Å². The van der Waals surface area contributed by atoms with E-state index in [0.717, 1.165) is 19.3 Å². The van der Waals surface area contributed by atoms with Crippen LogP contribution in [-0.2, 0) is 14.3 Å². The summed E-state index contributed by atoms with van der Waals surface area (Å²) in [6.45, 7) is 9.34. The molecule has 2 aliphatic heterocycles. The first-order chi connectivity index (χ1) is 8.09. The minimum absolute atomic E-state index is 0.143. The number of carbonyl (C=O) groups is 1. The highest BCUT2D eigenvalue weighted by molar-refractivity contribution is 5.81. The summed E-state index contributed by atoms with van der Waals surface area (Å²) in [7, 11) is 0. The van der Waals surface area contributed by atoms with Gasteiger partial charge in [0.05, 0.1) is 13.2 Å². The summed E-state index contributed by atoms with van der Waals surface area (Å²) >= 11 is 0. The Morgan fingerprint density at radius 2 is 1.94 bits per heavy atom. The number of hydrogen-bond acceptors (Lipinski definition) is 3. The molecular weight excluding hydrogens is 218 g/mol. The molecule has 0 radical (unpaired) electrons. The predicted molar refractivity (Wildman–Crippen MR) is 66.6 cm³/mol. The van der Waals surface area contributed by atoms with E-state index in [1.165, 1.54) is 0 Å². The van der Waals surface area contributed by atoms with Crippen molar-refractivity contribution in [3.8, 4) is 0 Å². The molecule has 0 bridgehead atoms. The van der Waals surface area contributed by atoms with E-state index in [0.29, 0.717) is 19.3 Å². The lowest BCUT2D eigenvalue weighted by Crippen LogP contribution is -2.28. The largest absolute Gasteiger partial charge is 0.353 e. The lowest BCUT2D eigenvalue weighted by molar-refractivity contribution is -0.150. The van der Waals surface area contributed by atoms with Gasteiger partial charge in [-0.05, 0) is 26.7 Å². The molecule has 0 aliphatic carbocycles. The Balaban J connectivity index is 0.000000686. The summed E-state index contributed by atoms with van der Waals surface area (Å²) < 4.78 is 11.0. The molecule has 2 saturated heterocycles. The zero-order chi connectivity index (χ0) is 12.9. The van der Waals surface area contributed by atoms with Crippen molar-refractivity contribution in [1.29, 1.82) is 0 Å². The molecule has 2 rings (SSSR count). The number of nitrogens with one attached hydrogen (secondary N) is 1. The predicted octanol–water partition coefficient (Wildman–Crippen LogP) is 2.08. The number of rotatable bonds is 3. The summed E-state index contributed by atoms with van der Waals surface area (Å²) in [6.07, 6.45) is 2.60. The third-order valence-electron chi connectivity index (χ3n) is 3.24. The summed E-state index contributed by atoms with van der Waals surface area (Å²) in [5.41, 5.74) is 0. The van der Waals surface area contributed by atoms with E-state index in [9.17, 15) is 4.79 Å². The topological polar surface area (TPSA) is 47.6 Å². The second-order valence-corrected chi connectivity index (χ2v) is 4.71. The average Bonchev–Trinajstić information content (AvgIpc) is 2.86. The number of carbonyl (C=O) groups excluding carboxylic acids is 1. The Morgan fingerprint density at radius 3 is 2.41 bits per heavy atom. The first-order valence-electron chi connectivity index (χ1n) is 6.67. The van der Waals surface area contributed by atoms with Crippen molar-refractivity contribution in [3.63, 3.8) is 0 Å². The molecule has 100 valence electrons. The van der Waals surface area contributed by atoms with Gasteiger partial charge >= 0.3 is 0 Å². The van der Waals surface area contributed by atoms with Crippen LogP contribution in [0.3, 0.4) is 0 Å². The van der Waals surface area contributed by atoms with Gasteiger partial charge in [-0.3, -0.25) is 4.79 Å². The molecule has 0 unspecified atom stereocenters. The van der Waals surface area contributed by atoms with Crippen molar-refractivity contribution in [2.75, 3.05) is 13.2 Å². The fourth-order valence-electron chi connectivity index (χ4n) is 2.34. The van der Waals surface area contributed by atoms with Gasteiger partial charge in [-0.2, -0.15) is 0 Å². The number of ether oxygens (including phenoxy) is 2.